The third-order valence-electron chi connectivity index (χ3n) is 3.83. The van der Waals surface area contributed by atoms with Crippen LogP contribution in [-0.4, -0.2) is 6.54 Å². The van der Waals surface area contributed by atoms with Crippen molar-refractivity contribution in [2.45, 2.75) is 45.1 Å². The monoisotopic (exact) mass is 201 g/mol. The zero-order valence-corrected chi connectivity index (χ0v) is 9.47. The van der Waals surface area contributed by atoms with Crippen molar-refractivity contribution in [1.29, 1.82) is 0 Å². The topological polar surface area (TPSA) is 12.0 Å². The van der Waals surface area contributed by atoms with Gasteiger partial charge in [-0.1, -0.05) is 17.7 Å². The Kier molecular flexibility index (Phi) is 2.28. The molecular formula is C14H19N. The van der Waals surface area contributed by atoms with Gasteiger partial charge >= 0.3 is 0 Å². The Hall–Kier alpha value is -0.820. The Morgan fingerprint density at radius 2 is 2.13 bits per heavy atom. The number of benzene rings is 1. The fourth-order valence-electron chi connectivity index (χ4n) is 3.17. The van der Waals surface area contributed by atoms with E-state index in [0.29, 0.717) is 6.04 Å². The van der Waals surface area contributed by atoms with Gasteiger partial charge in [-0.3, -0.25) is 0 Å². The Morgan fingerprint density at radius 3 is 2.93 bits per heavy atom. The highest BCUT2D eigenvalue weighted by Crippen LogP contribution is 2.33. The number of hydrogen-bond donors (Lipinski definition) is 1. The summed E-state index contributed by atoms with van der Waals surface area (Å²) in [6.07, 6.45) is 6.64. The molecule has 1 heterocycles. The summed E-state index contributed by atoms with van der Waals surface area (Å²) in [5.74, 6) is 0. The molecule has 2 aliphatic rings. The fourth-order valence-corrected chi connectivity index (χ4v) is 3.17. The molecule has 1 aliphatic carbocycles. The first kappa shape index (κ1) is 9.41. The van der Waals surface area contributed by atoms with Crippen LogP contribution in [0.3, 0.4) is 0 Å². The predicted octanol–water partition coefficient (Wildman–Crippen LogP) is 2.91. The van der Waals surface area contributed by atoms with Gasteiger partial charge in [0.2, 0.25) is 0 Å². The van der Waals surface area contributed by atoms with Crippen LogP contribution < -0.4 is 5.32 Å². The third kappa shape index (κ3) is 1.59. The van der Waals surface area contributed by atoms with Crippen molar-refractivity contribution in [2.75, 3.05) is 6.54 Å². The van der Waals surface area contributed by atoms with E-state index in [1.807, 2.05) is 0 Å². The van der Waals surface area contributed by atoms with Crippen molar-refractivity contribution in [3.05, 3.63) is 34.4 Å². The maximum absolute atomic E-state index is 3.63. The van der Waals surface area contributed by atoms with E-state index < -0.39 is 0 Å². The average Bonchev–Trinajstić information content (AvgIpc) is 2.86. The zero-order chi connectivity index (χ0) is 10.3. The first-order valence-corrected chi connectivity index (χ1v) is 6.20. The van der Waals surface area contributed by atoms with Crippen LogP contribution in [0.5, 0.6) is 0 Å². The van der Waals surface area contributed by atoms with Gasteiger partial charge in [0.15, 0.2) is 0 Å². The minimum atomic E-state index is 0.650. The highest BCUT2D eigenvalue weighted by Gasteiger charge is 2.23. The summed E-state index contributed by atoms with van der Waals surface area (Å²) in [6.45, 7) is 3.43. The number of aryl methyl sites for hydroxylation is 2. The lowest BCUT2D eigenvalue weighted by atomic mass is 9.94. The Morgan fingerprint density at radius 1 is 1.20 bits per heavy atom. The Balaban J connectivity index is 2.05. The molecule has 0 amide bonds. The largest absolute Gasteiger partial charge is 0.310 e. The number of hydrogen-bond acceptors (Lipinski definition) is 1. The Bertz CT molecular complexity index is 375. The molecular weight excluding hydrogens is 182 g/mol. The highest BCUT2D eigenvalue weighted by molar-refractivity contribution is 5.43. The quantitative estimate of drug-likeness (QED) is 0.736. The summed E-state index contributed by atoms with van der Waals surface area (Å²) in [7, 11) is 0. The van der Waals surface area contributed by atoms with E-state index in [0.717, 1.165) is 0 Å². The number of fused-ring (bicyclic) bond motifs is 1. The molecule has 0 bridgehead atoms. The smallest absolute Gasteiger partial charge is 0.0323 e. The lowest BCUT2D eigenvalue weighted by Gasteiger charge is -2.16. The van der Waals surface area contributed by atoms with E-state index in [2.05, 4.69) is 24.4 Å². The van der Waals surface area contributed by atoms with E-state index in [1.165, 1.54) is 44.2 Å². The summed E-state index contributed by atoms with van der Waals surface area (Å²) >= 11 is 0. The molecule has 3 rings (SSSR count). The molecule has 1 N–H and O–H groups in total. The fraction of sp³-hybridized carbons (Fsp3) is 0.571. The molecule has 0 aromatic heterocycles. The molecule has 0 spiro atoms. The van der Waals surface area contributed by atoms with Crippen LogP contribution in [0.15, 0.2) is 12.1 Å². The number of nitrogens with one attached hydrogen (secondary N) is 1. The minimum Gasteiger partial charge on any atom is -0.310 e. The van der Waals surface area contributed by atoms with Crippen LogP contribution in [0.2, 0.25) is 0 Å². The Labute approximate surface area is 91.9 Å². The zero-order valence-electron chi connectivity index (χ0n) is 9.47. The molecule has 0 radical (unpaired) electrons. The molecule has 1 nitrogen and oxygen atoms in total. The number of rotatable bonds is 1. The van der Waals surface area contributed by atoms with Gasteiger partial charge in [-0.15, -0.1) is 0 Å². The molecule has 15 heavy (non-hydrogen) atoms. The molecule has 1 fully saturated rings. The van der Waals surface area contributed by atoms with E-state index in [4.69, 9.17) is 0 Å². The van der Waals surface area contributed by atoms with Gasteiger partial charge in [-0.25, -0.2) is 0 Å². The van der Waals surface area contributed by atoms with Crippen molar-refractivity contribution in [1.82, 2.24) is 5.32 Å². The van der Waals surface area contributed by atoms with E-state index in [-0.39, 0.29) is 0 Å². The lowest BCUT2D eigenvalue weighted by Crippen LogP contribution is -2.15. The summed E-state index contributed by atoms with van der Waals surface area (Å²) in [6, 6.07) is 5.45. The maximum atomic E-state index is 3.63. The highest BCUT2D eigenvalue weighted by atomic mass is 14.9. The maximum Gasteiger partial charge on any atom is 0.0323 e. The molecule has 0 unspecified atom stereocenters. The van der Waals surface area contributed by atoms with Crippen LogP contribution in [-0.2, 0) is 12.8 Å². The van der Waals surface area contributed by atoms with Crippen LogP contribution in [0.4, 0.5) is 0 Å². The van der Waals surface area contributed by atoms with Crippen molar-refractivity contribution < 1.29 is 0 Å². The second kappa shape index (κ2) is 3.64. The second-order valence-electron chi connectivity index (χ2n) is 4.99. The van der Waals surface area contributed by atoms with Gasteiger partial charge in [0.05, 0.1) is 0 Å². The van der Waals surface area contributed by atoms with Crippen LogP contribution >= 0.6 is 0 Å². The molecule has 1 aliphatic heterocycles. The third-order valence-corrected chi connectivity index (χ3v) is 3.83. The summed E-state index contributed by atoms with van der Waals surface area (Å²) in [5, 5.41) is 3.63. The van der Waals surface area contributed by atoms with Crippen molar-refractivity contribution >= 4 is 0 Å². The molecule has 1 atom stereocenters. The first-order valence-electron chi connectivity index (χ1n) is 6.20. The van der Waals surface area contributed by atoms with Crippen molar-refractivity contribution in [2.24, 2.45) is 0 Å². The van der Waals surface area contributed by atoms with Gasteiger partial charge in [-0.05, 0) is 62.3 Å². The molecule has 80 valence electrons. The van der Waals surface area contributed by atoms with E-state index in [1.54, 1.807) is 16.7 Å². The van der Waals surface area contributed by atoms with Crippen molar-refractivity contribution in [3.8, 4) is 0 Å². The molecule has 0 saturated carbocycles. The molecule has 1 aromatic rings. The summed E-state index contributed by atoms with van der Waals surface area (Å²) in [4.78, 5) is 0. The molecule has 1 aromatic carbocycles. The molecule has 1 heteroatoms. The van der Waals surface area contributed by atoms with Gasteiger partial charge in [0.1, 0.15) is 0 Å². The van der Waals surface area contributed by atoms with Crippen LogP contribution in [0.25, 0.3) is 0 Å². The van der Waals surface area contributed by atoms with Gasteiger partial charge in [0.25, 0.3) is 0 Å². The van der Waals surface area contributed by atoms with Crippen molar-refractivity contribution in [3.63, 3.8) is 0 Å². The van der Waals surface area contributed by atoms with Gasteiger partial charge in [0, 0.05) is 6.04 Å². The summed E-state index contributed by atoms with van der Waals surface area (Å²) in [5.41, 5.74) is 6.35. The predicted molar refractivity (Wildman–Crippen MR) is 63.2 cm³/mol. The summed E-state index contributed by atoms with van der Waals surface area (Å²) < 4.78 is 0. The minimum absolute atomic E-state index is 0.650. The molecule has 1 saturated heterocycles. The van der Waals surface area contributed by atoms with Crippen LogP contribution in [0, 0.1) is 6.92 Å². The normalized spacial score (nSPS) is 24.5. The van der Waals surface area contributed by atoms with Crippen LogP contribution in [0.1, 0.15) is 47.6 Å². The van der Waals surface area contributed by atoms with Gasteiger partial charge in [-0.2, -0.15) is 0 Å². The second-order valence-corrected chi connectivity index (χ2v) is 4.99. The standard InChI is InChI=1S/C14H19N/c1-10-8-11-4-2-5-12(11)13(9-10)14-6-3-7-15-14/h8-9,14-15H,2-7H2,1H3/t14-/m1/s1. The lowest BCUT2D eigenvalue weighted by molar-refractivity contribution is 0.640. The average molecular weight is 201 g/mol. The van der Waals surface area contributed by atoms with E-state index in [9.17, 15) is 0 Å². The van der Waals surface area contributed by atoms with E-state index >= 15 is 0 Å². The van der Waals surface area contributed by atoms with Gasteiger partial charge < -0.3 is 5.32 Å². The first-order chi connectivity index (χ1) is 7.34. The SMILES string of the molecule is Cc1cc2c(c([C@H]3CCCN3)c1)CCC2.